The van der Waals surface area contributed by atoms with Crippen molar-refractivity contribution < 1.29 is 24.5 Å². The lowest BCUT2D eigenvalue weighted by atomic mass is 10.2. The van der Waals surface area contributed by atoms with E-state index in [-0.39, 0.29) is 12.5 Å². The number of carboxylic acid groups (broad SMARTS) is 1. The molecule has 0 aromatic heterocycles. The molecule has 5 heteroatoms. The Morgan fingerprint density at radius 3 is 2.69 bits per heavy atom. The SMILES string of the molecule is CC1(C)OCC(CC(O)C(=O)O)O1. The third-order valence-corrected chi connectivity index (χ3v) is 1.84. The molecule has 1 aliphatic heterocycles. The number of aliphatic hydroxyl groups is 1. The van der Waals surface area contributed by atoms with Gasteiger partial charge in [0.1, 0.15) is 0 Å². The van der Waals surface area contributed by atoms with E-state index in [1.807, 2.05) is 0 Å². The highest BCUT2D eigenvalue weighted by Gasteiger charge is 2.34. The van der Waals surface area contributed by atoms with Crippen molar-refractivity contribution in [1.82, 2.24) is 0 Å². The molecule has 0 radical (unpaired) electrons. The van der Waals surface area contributed by atoms with Crippen LogP contribution in [0.5, 0.6) is 0 Å². The minimum absolute atomic E-state index is 0.0682. The van der Waals surface area contributed by atoms with Crippen molar-refractivity contribution in [3.63, 3.8) is 0 Å². The largest absolute Gasteiger partial charge is 0.479 e. The van der Waals surface area contributed by atoms with Gasteiger partial charge in [0.15, 0.2) is 11.9 Å². The third kappa shape index (κ3) is 2.95. The van der Waals surface area contributed by atoms with E-state index in [4.69, 9.17) is 19.7 Å². The Hall–Kier alpha value is -0.650. The van der Waals surface area contributed by atoms with Gasteiger partial charge in [-0.2, -0.15) is 0 Å². The van der Waals surface area contributed by atoms with E-state index < -0.39 is 17.9 Å². The van der Waals surface area contributed by atoms with Crippen LogP contribution in [0.2, 0.25) is 0 Å². The molecule has 1 rings (SSSR count). The quantitative estimate of drug-likeness (QED) is 0.653. The van der Waals surface area contributed by atoms with Crippen LogP contribution in [0.25, 0.3) is 0 Å². The minimum atomic E-state index is -1.37. The molecule has 0 saturated carbocycles. The Morgan fingerprint density at radius 1 is 1.69 bits per heavy atom. The van der Waals surface area contributed by atoms with Gasteiger partial charge in [0.2, 0.25) is 0 Å². The predicted molar refractivity (Wildman–Crippen MR) is 43.2 cm³/mol. The lowest BCUT2D eigenvalue weighted by molar-refractivity contribution is -0.154. The second-order valence-corrected chi connectivity index (χ2v) is 3.54. The van der Waals surface area contributed by atoms with Crippen molar-refractivity contribution in [2.45, 2.75) is 38.3 Å². The molecule has 0 amide bonds. The molecule has 1 fully saturated rings. The van der Waals surface area contributed by atoms with Gasteiger partial charge in [0.25, 0.3) is 0 Å². The van der Waals surface area contributed by atoms with Gasteiger partial charge in [-0.25, -0.2) is 4.79 Å². The van der Waals surface area contributed by atoms with E-state index in [0.29, 0.717) is 6.61 Å². The molecular formula is C8H14O5. The van der Waals surface area contributed by atoms with E-state index in [2.05, 4.69) is 0 Å². The summed E-state index contributed by atoms with van der Waals surface area (Å²) in [5.41, 5.74) is 0. The first kappa shape index (κ1) is 10.4. The summed E-state index contributed by atoms with van der Waals surface area (Å²) in [6.45, 7) is 3.83. The van der Waals surface area contributed by atoms with Crippen molar-refractivity contribution >= 4 is 5.97 Å². The fourth-order valence-corrected chi connectivity index (χ4v) is 1.23. The molecule has 0 spiro atoms. The molecule has 2 unspecified atom stereocenters. The first-order chi connectivity index (χ1) is 5.91. The third-order valence-electron chi connectivity index (χ3n) is 1.84. The lowest BCUT2D eigenvalue weighted by Gasteiger charge is -2.17. The van der Waals surface area contributed by atoms with Gasteiger partial charge in [0, 0.05) is 6.42 Å². The number of aliphatic carboxylic acids is 1. The zero-order chi connectivity index (χ0) is 10.1. The van der Waals surface area contributed by atoms with E-state index in [9.17, 15) is 4.79 Å². The highest BCUT2D eigenvalue weighted by molar-refractivity contribution is 5.71. The van der Waals surface area contributed by atoms with Gasteiger partial charge in [0.05, 0.1) is 12.7 Å². The molecular weight excluding hydrogens is 176 g/mol. The second kappa shape index (κ2) is 3.61. The van der Waals surface area contributed by atoms with E-state index in [0.717, 1.165) is 0 Å². The van der Waals surface area contributed by atoms with Crippen molar-refractivity contribution in [3.05, 3.63) is 0 Å². The first-order valence-electron chi connectivity index (χ1n) is 4.13. The van der Waals surface area contributed by atoms with Gasteiger partial charge in [-0.05, 0) is 13.8 Å². The summed E-state index contributed by atoms with van der Waals surface area (Å²) in [5, 5.41) is 17.4. The first-order valence-corrected chi connectivity index (χ1v) is 4.13. The van der Waals surface area contributed by atoms with Crippen molar-refractivity contribution in [3.8, 4) is 0 Å². The van der Waals surface area contributed by atoms with Gasteiger partial charge < -0.3 is 19.7 Å². The molecule has 0 aliphatic carbocycles. The minimum Gasteiger partial charge on any atom is -0.479 e. The van der Waals surface area contributed by atoms with Gasteiger partial charge in [-0.15, -0.1) is 0 Å². The maximum Gasteiger partial charge on any atom is 0.332 e. The molecule has 0 bridgehead atoms. The maximum atomic E-state index is 10.3. The highest BCUT2D eigenvalue weighted by atomic mass is 16.7. The Bertz CT molecular complexity index is 201. The normalized spacial score (nSPS) is 28.7. The average molecular weight is 190 g/mol. The lowest BCUT2D eigenvalue weighted by Crippen LogP contribution is -2.28. The molecule has 76 valence electrons. The Morgan fingerprint density at radius 2 is 2.31 bits per heavy atom. The van der Waals surface area contributed by atoms with Crippen LogP contribution in [-0.4, -0.2) is 40.8 Å². The Kier molecular flexibility index (Phi) is 2.90. The highest BCUT2D eigenvalue weighted by Crippen LogP contribution is 2.24. The topological polar surface area (TPSA) is 76.0 Å². The van der Waals surface area contributed by atoms with Crippen molar-refractivity contribution in [2.24, 2.45) is 0 Å². The number of hydrogen-bond donors (Lipinski definition) is 2. The fourth-order valence-electron chi connectivity index (χ4n) is 1.23. The van der Waals surface area contributed by atoms with Gasteiger partial charge in [-0.3, -0.25) is 0 Å². The van der Waals surface area contributed by atoms with Crippen LogP contribution in [0.1, 0.15) is 20.3 Å². The molecule has 2 atom stereocenters. The Balaban J connectivity index is 2.36. The number of carboxylic acids is 1. The summed E-state index contributed by atoms with van der Waals surface area (Å²) in [5.74, 6) is -1.89. The number of aliphatic hydroxyl groups excluding tert-OH is 1. The Labute approximate surface area is 76.3 Å². The standard InChI is InChI=1S/C8H14O5/c1-8(2)12-4-5(13-8)3-6(9)7(10)11/h5-6,9H,3-4H2,1-2H3,(H,10,11). The van der Waals surface area contributed by atoms with E-state index >= 15 is 0 Å². The van der Waals surface area contributed by atoms with Crippen LogP contribution in [0.3, 0.4) is 0 Å². The van der Waals surface area contributed by atoms with Crippen LogP contribution in [0.4, 0.5) is 0 Å². The molecule has 2 N–H and O–H groups in total. The van der Waals surface area contributed by atoms with Crippen LogP contribution in [0, 0.1) is 0 Å². The van der Waals surface area contributed by atoms with Crippen molar-refractivity contribution in [1.29, 1.82) is 0 Å². The van der Waals surface area contributed by atoms with Crippen LogP contribution in [-0.2, 0) is 14.3 Å². The molecule has 1 aliphatic rings. The fraction of sp³-hybridized carbons (Fsp3) is 0.875. The summed E-state index contributed by atoms with van der Waals surface area (Å²) < 4.78 is 10.5. The summed E-state index contributed by atoms with van der Waals surface area (Å²) in [7, 11) is 0. The number of ether oxygens (including phenoxy) is 2. The van der Waals surface area contributed by atoms with Crippen LogP contribution >= 0.6 is 0 Å². The van der Waals surface area contributed by atoms with Gasteiger partial charge >= 0.3 is 5.97 Å². The molecule has 0 aromatic rings. The summed E-state index contributed by atoms with van der Waals surface area (Å²) >= 11 is 0. The van der Waals surface area contributed by atoms with E-state index in [1.54, 1.807) is 13.8 Å². The predicted octanol–water partition coefficient (Wildman–Crippen LogP) is -0.0265. The van der Waals surface area contributed by atoms with Crippen LogP contribution < -0.4 is 0 Å². The molecule has 0 aromatic carbocycles. The van der Waals surface area contributed by atoms with Crippen LogP contribution in [0.15, 0.2) is 0 Å². The smallest absolute Gasteiger partial charge is 0.332 e. The molecule has 13 heavy (non-hydrogen) atoms. The second-order valence-electron chi connectivity index (χ2n) is 3.54. The zero-order valence-electron chi connectivity index (χ0n) is 7.69. The number of rotatable bonds is 3. The van der Waals surface area contributed by atoms with Gasteiger partial charge in [-0.1, -0.05) is 0 Å². The summed E-state index contributed by atoms with van der Waals surface area (Å²) in [6.07, 6.45) is -1.64. The monoisotopic (exact) mass is 190 g/mol. The van der Waals surface area contributed by atoms with Crippen molar-refractivity contribution in [2.75, 3.05) is 6.61 Å². The number of carbonyl (C=O) groups is 1. The molecule has 1 heterocycles. The number of hydrogen-bond acceptors (Lipinski definition) is 4. The van der Waals surface area contributed by atoms with E-state index in [1.165, 1.54) is 0 Å². The molecule has 1 saturated heterocycles. The maximum absolute atomic E-state index is 10.3. The summed E-state index contributed by atoms with van der Waals surface area (Å²) in [4.78, 5) is 10.3. The average Bonchev–Trinajstić information content (AvgIpc) is 2.30. The summed E-state index contributed by atoms with van der Waals surface area (Å²) in [6, 6.07) is 0. The molecule has 5 nitrogen and oxygen atoms in total. The zero-order valence-corrected chi connectivity index (χ0v) is 7.69.